The molecule has 0 heterocycles. The maximum Gasteiger partial charge on any atom is 0.264 e. The minimum Gasteiger partial charge on any atom is -0.497 e. The van der Waals surface area contributed by atoms with Gasteiger partial charge in [0, 0.05) is 5.02 Å². The Morgan fingerprint density at radius 3 is 2.21 bits per heavy atom. The van der Waals surface area contributed by atoms with E-state index in [1.54, 1.807) is 50.4 Å². The molecule has 0 fully saturated rings. The Hall–Kier alpha value is -2.57. The summed E-state index contributed by atoms with van der Waals surface area (Å²) in [5, 5.41) is 0.432. The van der Waals surface area contributed by atoms with Crippen molar-refractivity contribution in [2.45, 2.75) is 18.4 Å². The first-order chi connectivity index (χ1) is 13.3. The highest BCUT2D eigenvalue weighted by atomic mass is 35.5. The lowest BCUT2D eigenvalue weighted by molar-refractivity contribution is 0.414. The van der Waals surface area contributed by atoms with Crippen molar-refractivity contribution in [1.29, 1.82) is 0 Å². The van der Waals surface area contributed by atoms with Crippen molar-refractivity contribution < 1.29 is 17.5 Å². The third-order valence-corrected chi connectivity index (χ3v) is 6.37. The number of sulfonamides is 1. The Labute approximate surface area is 169 Å². The highest BCUT2D eigenvalue weighted by molar-refractivity contribution is 7.92. The van der Waals surface area contributed by atoms with E-state index in [4.69, 9.17) is 16.3 Å². The number of ether oxygens (including phenoxy) is 1. The SMILES string of the molecule is COc1ccc(CN(c2ccc(C)c(F)c2)S(=O)(=O)c2ccc(Cl)cc2)cc1. The van der Waals surface area contributed by atoms with Gasteiger partial charge in [0.2, 0.25) is 0 Å². The van der Waals surface area contributed by atoms with E-state index in [0.29, 0.717) is 16.3 Å². The molecule has 0 unspecified atom stereocenters. The van der Waals surface area contributed by atoms with Gasteiger partial charge in [0.1, 0.15) is 11.6 Å². The largest absolute Gasteiger partial charge is 0.497 e. The number of benzene rings is 3. The lowest BCUT2D eigenvalue weighted by Crippen LogP contribution is -2.30. The molecule has 146 valence electrons. The number of hydrogen-bond donors (Lipinski definition) is 0. The molecule has 0 amide bonds. The van der Waals surface area contributed by atoms with Gasteiger partial charge in [-0.15, -0.1) is 0 Å². The molecule has 3 aromatic rings. The minimum atomic E-state index is -3.94. The summed E-state index contributed by atoms with van der Waals surface area (Å²) in [5.74, 6) is 0.195. The normalized spacial score (nSPS) is 11.3. The molecule has 0 radical (unpaired) electrons. The van der Waals surface area contributed by atoms with Crippen LogP contribution in [-0.2, 0) is 16.6 Å². The number of anilines is 1. The zero-order chi connectivity index (χ0) is 20.3. The topological polar surface area (TPSA) is 46.6 Å². The Bertz CT molecular complexity index is 1070. The number of methoxy groups -OCH3 is 1. The lowest BCUT2D eigenvalue weighted by Gasteiger charge is -2.25. The van der Waals surface area contributed by atoms with Crippen LogP contribution in [0.4, 0.5) is 10.1 Å². The van der Waals surface area contributed by atoms with E-state index < -0.39 is 15.8 Å². The molecular weight excluding hydrogens is 401 g/mol. The predicted molar refractivity (Wildman–Crippen MR) is 109 cm³/mol. The lowest BCUT2D eigenvalue weighted by atomic mass is 10.2. The zero-order valence-electron chi connectivity index (χ0n) is 15.4. The quantitative estimate of drug-likeness (QED) is 0.552. The van der Waals surface area contributed by atoms with Crippen LogP contribution >= 0.6 is 11.6 Å². The molecule has 0 aliphatic heterocycles. The molecule has 0 atom stereocenters. The Balaban J connectivity index is 2.07. The number of halogens is 2. The number of hydrogen-bond acceptors (Lipinski definition) is 3. The maximum absolute atomic E-state index is 14.2. The molecule has 7 heteroatoms. The first-order valence-electron chi connectivity index (χ1n) is 8.48. The molecule has 0 aromatic heterocycles. The van der Waals surface area contributed by atoms with Gasteiger partial charge >= 0.3 is 0 Å². The van der Waals surface area contributed by atoms with Crippen molar-refractivity contribution in [2.24, 2.45) is 0 Å². The van der Waals surface area contributed by atoms with Crippen LogP contribution in [0.15, 0.2) is 71.6 Å². The van der Waals surface area contributed by atoms with Crippen molar-refractivity contribution in [3.63, 3.8) is 0 Å². The summed E-state index contributed by atoms with van der Waals surface area (Å²) in [6.45, 7) is 1.66. The van der Waals surface area contributed by atoms with Crippen LogP contribution < -0.4 is 9.04 Å². The molecule has 0 N–H and O–H groups in total. The number of rotatable bonds is 6. The molecular formula is C21H19ClFNO3S. The summed E-state index contributed by atoms with van der Waals surface area (Å²) in [4.78, 5) is 0.0754. The molecule has 4 nitrogen and oxygen atoms in total. The smallest absolute Gasteiger partial charge is 0.264 e. The van der Waals surface area contributed by atoms with Gasteiger partial charge in [0.15, 0.2) is 0 Å². The third-order valence-electron chi connectivity index (χ3n) is 4.33. The second-order valence-electron chi connectivity index (χ2n) is 6.25. The van der Waals surface area contributed by atoms with Gasteiger partial charge in [-0.1, -0.05) is 29.8 Å². The second kappa shape index (κ2) is 8.20. The van der Waals surface area contributed by atoms with Crippen molar-refractivity contribution >= 4 is 27.3 Å². The molecule has 0 bridgehead atoms. The second-order valence-corrected chi connectivity index (χ2v) is 8.55. The summed E-state index contributed by atoms with van der Waals surface area (Å²) in [5.41, 5.74) is 1.42. The van der Waals surface area contributed by atoms with Crippen molar-refractivity contribution in [2.75, 3.05) is 11.4 Å². The van der Waals surface area contributed by atoms with E-state index in [9.17, 15) is 12.8 Å². The first kappa shape index (κ1) is 20.2. The molecule has 3 aromatic carbocycles. The summed E-state index contributed by atoms with van der Waals surface area (Å²) in [7, 11) is -2.38. The van der Waals surface area contributed by atoms with Crippen LogP contribution in [0.3, 0.4) is 0 Å². The fourth-order valence-corrected chi connectivity index (χ4v) is 4.25. The molecule has 0 aliphatic rings. The van der Waals surface area contributed by atoms with E-state index in [1.807, 2.05) is 0 Å². The average molecular weight is 420 g/mol. The van der Waals surface area contributed by atoms with Gasteiger partial charge in [-0.25, -0.2) is 12.8 Å². The van der Waals surface area contributed by atoms with Gasteiger partial charge in [0.05, 0.1) is 24.2 Å². The Kier molecular flexibility index (Phi) is 5.91. The minimum absolute atomic E-state index is 0.0391. The molecule has 28 heavy (non-hydrogen) atoms. The van der Waals surface area contributed by atoms with Crippen LogP contribution in [0, 0.1) is 12.7 Å². The Morgan fingerprint density at radius 2 is 1.64 bits per heavy atom. The van der Waals surface area contributed by atoms with Gasteiger partial charge in [-0.3, -0.25) is 4.31 Å². The van der Waals surface area contributed by atoms with E-state index in [1.165, 1.54) is 34.6 Å². The molecule has 0 saturated heterocycles. The first-order valence-corrected chi connectivity index (χ1v) is 10.3. The predicted octanol–water partition coefficient (Wildman–Crippen LogP) is 5.19. The third kappa shape index (κ3) is 4.29. The number of nitrogens with zero attached hydrogens (tertiary/aromatic N) is 1. The fraction of sp³-hybridized carbons (Fsp3) is 0.143. The zero-order valence-corrected chi connectivity index (χ0v) is 17.0. The van der Waals surface area contributed by atoms with Crippen LogP contribution in [0.25, 0.3) is 0 Å². The van der Waals surface area contributed by atoms with Gasteiger partial charge in [0.25, 0.3) is 10.0 Å². The Morgan fingerprint density at radius 1 is 1.00 bits per heavy atom. The van der Waals surface area contributed by atoms with Crippen molar-refractivity contribution in [3.8, 4) is 5.75 Å². The van der Waals surface area contributed by atoms with Crippen LogP contribution in [0.1, 0.15) is 11.1 Å². The maximum atomic E-state index is 14.2. The van der Waals surface area contributed by atoms with Gasteiger partial charge in [-0.2, -0.15) is 0 Å². The average Bonchev–Trinajstić information content (AvgIpc) is 2.69. The summed E-state index contributed by atoms with van der Waals surface area (Å²) < 4.78 is 47.1. The van der Waals surface area contributed by atoms with Gasteiger partial charge in [-0.05, 0) is 66.6 Å². The van der Waals surface area contributed by atoms with Crippen LogP contribution in [0.2, 0.25) is 5.02 Å². The monoisotopic (exact) mass is 419 g/mol. The van der Waals surface area contributed by atoms with Crippen LogP contribution in [-0.4, -0.2) is 15.5 Å². The fourth-order valence-electron chi connectivity index (χ4n) is 2.68. The van der Waals surface area contributed by atoms with Crippen molar-refractivity contribution in [3.05, 3.63) is 88.7 Å². The van der Waals surface area contributed by atoms with Crippen molar-refractivity contribution in [1.82, 2.24) is 0 Å². The van der Waals surface area contributed by atoms with Crippen LogP contribution in [0.5, 0.6) is 5.75 Å². The number of aryl methyl sites for hydroxylation is 1. The van der Waals surface area contributed by atoms with E-state index in [-0.39, 0.29) is 17.1 Å². The highest BCUT2D eigenvalue weighted by Crippen LogP contribution is 2.28. The molecule has 3 rings (SSSR count). The molecule has 0 aliphatic carbocycles. The molecule has 0 saturated carbocycles. The van der Waals surface area contributed by atoms with E-state index in [2.05, 4.69) is 0 Å². The molecule has 0 spiro atoms. The van der Waals surface area contributed by atoms with Gasteiger partial charge < -0.3 is 4.74 Å². The standard InChI is InChI=1S/C21H19ClFNO3S/c1-15-3-8-18(13-21(15)23)24(14-16-4-9-19(27-2)10-5-16)28(25,26)20-11-6-17(22)7-12-20/h3-13H,14H2,1-2H3. The summed E-state index contributed by atoms with van der Waals surface area (Å²) in [6, 6.07) is 17.3. The van der Waals surface area contributed by atoms with E-state index in [0.717, 1.165) is 5.56 Å². The van der Waals surface area contributed by atoms with E-state index >= 15 is 0 Å². The summed E-state index contributed by atoms with van der Waals surface area (Å²) in [6.07, 6.45) is 0. The summed E-state index contributed by atoms with van der Waals surface area (Å²) >= 11 is 5.88. The highest BCUT2D eigenvalue weighted by Gasteiger charge is 2.26.